The Kier molecular flexibility index (Phi) is 6.08. The molecule has 0 radical (unpaired) electrons. The van der Waals surface area contributed by atoms with Crippen molar-refractivity contribution in [2.75, 3.05) is 0 Å². The summed E-state index contributed by atoms with van der Waals surface area (Å²) in [4.78, 5) is 0. The van der Waals surface area contributed by atoms with Gasteiger partial charge in [-0.05, 0) is 118 Å². The highest BCUT2D eigenvalue weighted by Gasteiger charge is 2.60. The molecule has 4 aliphatic rings. The van der Waals surface area contributed by atoms with Gasteiger partial charge < -0.3 is 5.11 Å². The predicted molar refractivity (Wildman–Crippen MR) is 115 cm³/mol. The summed E-state index contributed by atoms with van der Waals surface area (Å²) >= 11 is 0. The average Bonchev–Trinajstić information content (AvgIpc) is 2.97. The van der Waals surface area contributed by atoms with Gasteiger partial charge in [-0.15, -0.1) is 0 Å². The lowest BCUT2D eigenvalue weighted by Crippen LogP contribution is -2.55. The number of unbranched alkanes of at least 4 members (excludes halogenated alkanes) is 2. The number of alkyl halides is 3. The van der Waals surface area contributed by atoms with Crippen LogP contribution in [-0.4, -0.2) is 16.9 Å². The van der Waals surface area contributed by atoms with Crippen molar-refractivity contribution in [3.8, 4) is 0 Å². The second-order valence-electron chi connectivity index (χ2n) is 12.4. The van der Waals surface area contributed by atoms with Crippen LogP contribution in [-0.2, 0) is 0 Å². The molecule has 0 aromatic heterocycles. The number of halogens is 3. The fourth-order valence-corrected chi connectivity index (χ4v) is 8.91. The molecule has 7 unspecified atom stereocenters. The zero-order valence-electron chi connectivity index (χ0n) is 19.4. The molecule has 0 heterocycles. The largest absolute Gasteiger partial charge is 0.390 e. The van der Waals surface area contributed by atoms with Crippen LogP contribution >= 0.6 is 0 Å². The molecular formula is C26H43F3O. The first kappa shape index (κ1) is 22.9. The first-order valence-electron chi connectivity index (χ1n) is 12.7. The van der Waals surface area contributed by atoms with Gasteiger partial charge in [0.05, 0.1) is 5.60 Å². The molecule has 4 saturated carbocycles. The van der Waals surface area contributed by atoms with E-state index in [4.69, 9.17) is 0 Å². The first-order chi connectivity index (χ1) is 13.9. The molecule has 30 heavy (non-hydrogen) atoms. The summed E-state index contributed by atoms with van der Waals surface area (Å²) in [6.07, 6.45) is 9.49. The van der Waals surface area contributed by atoms with Crippen LogP contribution in [0, 0.1) is 40.4 Å². The van der Waals surface area contributed by atoms with Crippen molar-refractivity contribution >= 4 is 0 Å². The van der Waals surface area contributed by atoms with Gasteiger partial charge in [-0.3, -0.25) is 0 Å². The summed E-state index contributed by atoms with van der Waals surface area (Å²) in [7, 11) is 0. The molecule has 0 aliphatic heterocycles. The quantitative estimate of drug-likeness (QED) is 0.441. The fourth-order valence-electron chi connectivity index (χ4n) is 8.91. The first-order valence-corrected chi connectivity index (χ1v) is 12.7. The molecule has 0 saturated heterocycles. The molecule has 0 aromatic carbocycles. The Morgan fingerprint density at radius 1 is 0.800 bits per heavy atom. The fraction of sp³-hybridized carbons (Fsp3) is 1.00. The van der Waals surface area contributed by atoms with Crippen molar-refractivity contribution in [1.29, 1.82) is 0 Å². The lowest BCUT2D eigenvalue weighted by atomic mass is 9.44. The molecule has 0 amide bonds. The van der Waals surface area contributed by atoms with Gasteiger partial charge in [0, 0.05) is 6.42 Å². The SMILES string of the molecule is CC12CCC3C(CCC4C[C@@](C)(O)CCC43C)C1CCC2CCCCCC(F)(F)F. The number of hydrogen-bond acceptors (Lipinski definition) is 1. The molecule has 4 fully saturated rings. The molecule has 4 rings (SSSR count). The summed E-state index contributed by atoms with van der Waals surface area (Å²) in [5.41, 5.74) is 0.349. The highest BCUT2D eigenvalue weighted by molar-refractivity contribution is 5.10. The molecule has 4 aliphatic carbocycles. The van der Waals surface area contributed by atoms with Gasteiger partial charge >= 0.3 is 6.18 Å². The van der Waals surface area contributed by atoms with E-state index in [1.807, 2.05) is 6.92 Å². The van der Waals surface area contributed by atoms with Gasteiger partial charge in [-0.25, -0.2) is 0 Å². The van der Waals surface area contributed by atoms with Gasteiger partial charge in [0.1, 0.15) is 0 Å². The van der Waals surface area contributed by atoms with E-state index in [2.05, 4.69) is 13.8 Å². The van der Waals surface area contributed by atoms with Gasteiger partial charge in [0.25, 0.3) is 0 Å². The highest BCUT2D eigenvalue weighted by Crippen LogP contribution is 2.68. The number of hydrogen-bond donors (Lipinski definition) is 1. The minimum absolute atomic E-state index is 0.296. The minimum atomic E-state index is -4.00. The van der Waals surface area contributed by atoms with Gasteiger partial charge in [-0.2, -0.15) is 13.2 Å². The molecular weight excluding hydrogens is 385 g/mol. The molecule has 0 spiro atoms. The van der Waals surface area contributed by atoms with Gasteiger partial charge in [0.2, 0.25) is 0 Å². The normalized spacial score (nSPS) is 48.7. The summed E-state index contributed by atoms with van der Waals surface area (Å²) < 4.78 is 37.2. The molecule has 174 valence electrons. The topological polar surface area (TPSA) is 20.2 Å². The maximum atomic E-state index is 12.4. The van der Waals surface area contributed by atoms with E-state index in [9.17, 15) is 18.3 Å². The van der Waals surface area contributed by atoms with Crippen LogP contribution in [0.5, 0.6) is 0 Å². The lowest BCUT2D eigenvalue weighted by Gasteiger charge is -2.62. The van der Waals surface area contributed by atoms with Crippen LogP contribution in [0.2, 0.25) is 0 Å². The van der Waals surface area contributed by atoms with Crippen LogP contribution in [0.4, 0.5) is 13.2 Å². The van der Waals surface area contributed by atoms with Crippen LogP contribution in [0.1, 0.15) is 111 Å². The Hall–Kier alpha value is -0.250. The molecule has 0 bridgehead atoms. The maximum Gasteiger partial charge on any atom is 0.389 e. The predicted octanol–water partition coefficient (Wildman–Crippen LogP) is 7.91. The lowest BCUT2D eigenvalue weighted by molar-refractivity contribution is -0.146. The van der Waals surface area contributed by atoms with Crippen molar-refractivity contribution < 1.29 is 18.3 Å². The number of aliphatic hydroxyl groups is 1. The van der Waals surface area contributed by atoms with Gasteiger partial charge in [0.15, 0.2) is 0 Å². The molecule has 1 nitrogen and oxygen atoms in total. The summed E-state index contributed by atoms with van der Waals surface area (Å²) in [5, 5.41) is 10.7. The maximum absolute atomic E-state index is 12.4. The Morgan fingerprint density at radius 3 is 2.27 bits per heavy atom. The zero-order valence-corrected chi connectivity index (χ0v) is 19.4. The average molecular weight is 429 g/mol. The molecule has 0 aromatic rings. The van der Waals surface area contributed by atoms with Crippen molar-refractivity contribution in [3.05, 3.63) is 0 Å². The van der Waals surface area contributed by atoms with Crippen molar-refractivity contribution in [1.82, 2.24) is 0 Å². The van der Waals surface area contributed by atoms with Crippen LogP contribution in [0.25, 0.3) is 0 Å². The minimum Gasteiger partial charge on any atom is -0.390 e. The molecule has 8 atom stereocenters. The Morgan fingerprint density at radius 2 is 1.53 bits per heavy atom. The number of fused-ring (bicyclic) bond motifs is 5. The van der Waals surface area contributed by atoms with Crippen LogP contribution in [0.3, 0.4) is 0 Å². The molecule has 1 N–H and O–H groups in total. The van der Waals surface area contributed by atoms with Gasteiger partial charge in [-0.1, -0.05) is 26.7 Å². The Balaban J connectivity index is 1.37. The summed E-state index contributed by atoms with van der Waals surface area (Å²) in [6.45, 7) is 7.10. The smallest absolute Gasteiger partial charge is 0.389 e. The third-order valence-electron chi connectivity index (χ3n) is 10.7. The standard InChI is InChI=1S/C26H43F3O/c1-23(30)15-16-25(3)19(17-23)8-10-20-21-11-9-18(24(21,2)14-12-22(20)25)7-5-4-6-13-26(27,28)29/h18-22,30H,4-17H2,1-3H3/t18?,19?,20?,21?,22?,23-,24?,25?/m0/s1. The van der Waals surface area contributed by atoms with E-state index < -0.39 is 18.2 Å². The van der Waals surface area contributed by atoms with Crippen molar-refractivity contribution in [2.24, 2.45) is 40.4 Å². The van der Waals surface area contributed by atoms with E-state index >= 15 is 0 Å². The Bertz CT molecular complexity index is 614. The third-order valence-corrected chi connectivity index (χ3v) is 10.7. The zero-order chi connectivity index (χ0) is 21.8. The third kappa shape index (κ3) is 4.20. The second-order valence-corrected chi connectivity index (χ2v) is 12.4. The van der Waals surface area contributed by atoms with E-state index in [0.29, 0.717) is 29.1 Å². The van der Waals surface area contributed by atoms with E-state index in [0.717, 1.165) is 49.9 Å². The summed E-state index contributed by atoms with van der Waals surface area (Å²) in [5.74, 6) is 3.86. The van der Waals surface area contributed by atoms with Crippen LogP contribution < -0.4 is 0 Å². The Labute approximate surface area is 181 Å². The van der Waals surface area contributed by atoms with E-state index in [1.165, 1.54) is 44.9 Å². The van der Waals surface area contributed by atoms with Crippen LogP contribution in [0.15, 0.2) is 0 Å². The second kappa shape index (κ2) is 7.96. The van der Waals surface area contributed by atoms with E-state index in [1.54, 1.807) is 0 Å². The van der Waals surface area contributed by atoms with Crippen molar-refractivity contribution in [3.63, 3.8) is 0 Å². The van der Waals surface area contributed by atoms with E-state index in [-0.39, 0.29) is 0 Å². The number of rotatable bonds is 5. The monoisotopic (exact) mass is 428 g/mol. The van der Waals surface area contributed by atoms with Crippen molar-refractivity contribution in [2.45, 2.75) is 122 Å². The molecule has 4 heteroatoms. The highest BCUT2D eigenvalue weighted by atomic mass is 19.4. The summed E-state index contributed by atoms with van der Waals surface area (Å²) in [6, 6.07) is 0.